The summed E-state index contributed by atoms with van der Waals surface area (Å²) >= 11 is 3.16. The second-order valence-corrected chi connectivity index (χ2v) is 5.10. The van der Waals surface area contributed by atoms with E-state index in [-0.39, 0.29) is 5.91 Å². The zero-order valence-electron chi connectivity index (χ0n) is 11.7. The van der Waals surface area contributed by atoms with E-state index >= 15 is 0 Å². The molecule has 0 saturated carbocycles. The topological polar surface area (TPSA) is 32.8 Å². The van der Waals surface area contributed by atoms with Gasteiger partial charge < -0.3 is 14.5 Å². The van der Waals surface area contributed by atoms with Crippen molar-refractivity contribution in [3.8, 4) is 5.75 Å². The minimum atomic E-state index is 0.0922. The highest BCUT2D eigenvalue weighted by molar-refractivity contribution is 9.09. The number of carbonyl (C=O) groups is 1. The van der Waals surface area contributed by atoms with Gasteiger partial charge in [-0.15, -0.1) is 0 Å². The van der Waals surface area contributed by atoms with Gasteiger partial charge in [-0.3, -0.25) is 4.79 Å². The first-order valence-electron chi connectivity index (χ1n) is 6.24. The van der Waals surface area contributed by atoms with Crippen LogP contribution in [0.15, 0.2) is 24.3 Å². The summed E-state index contributed by atoms with van der Waals surface area (Å²) in [5, 5.41) is 0.370. The lowest BCUT2D eigenvalue weighted by Gasteiger charge is -2.16. The maximum atomic E-state index is 11.3. The Kier molecular flexibility index (Phi) is 6.70. The van der Waals surface area contributed by atoms with Gasteiger partial charge in [0.2, 0.25) is 5.91 Å². The van der Waals surface area contributed by atoms with E-state index in [4.69, 9.17) is 4.74 Å². The van der Waals surface area contributed by atoms with E-state index < -0.39 is 0 Å². The van der Waals surface area contributed by atoms with Crippen molar-refractivity contribution in [1.29, 1.82) is 0 Å². The quantitative estimate of drug-likeness (QED) is 0.569. The molecule has 0 aliphatic carbocycles. The number of rotatable bonds is 7. The second kappa shape index (κ2) is 8.04. The molecule has 0 atom stereocenters. The molecule has 0 aliphatic heterocycles. The molecule has 1 aromatic carbocycles. The van der Waals surface area contributed by atoms with E-state index in [1.165, 1.54) is 0 Å². The molecule has 19 heavy (non-hydrogen) atoms. The Labute approximate surface area is 123 Å². The summed E-state index contributed by atoms with van der Waals surface area (Å²) in [6.07, 6.45) is 0.821. The first kappa shape index (κ1) is 15.8. The summed E-state index contributed by atoms with van der Waals surface area (Å²) in [5.74, 6) is 0.954. The first-order chi connectivity index (χ1) is 9.04. The van der Waals surface area contributed by atoms with Crippen molar-refractivity contribution in [3.63, 3.8) is 0 Å². The molecular weight excluding hydrogens is 308 g/mol. The number of hydrogen-bond acceptors (Lipinski definition) is 3. The van der Waals surface area contributed by atoms with E-state index in [1.807, 2.05) is 43.3 Å². The number of amides is 1. The molecular formula is C14H21BrN2O2. The Morgan fingerprint density at radius 3 is 2.68 bits per heavy atom. The molecule has 106 valence electrons. The van der Waals surface area contributed by atoms with Crippen LogP contribution in [0.3, 0.4) is 0 Å². The third-order valence-corrected chi connectivity index (χ3v) is 3.26. The van der Waals surface area contributed by atoms with Crippen LogP contribution in [-0.4, -0.2) is 50.4 Å². The van der Waals surface area contributed by atoms with Gasteiger partial charge in [0.15, 0.2) is 0 Å². The molecule has 1 amide bonds. The summed E-state index contributed by atoms with van der Waals surface area (Å²) in [5.41, 5.74) is 1.11. The van der Waals surface area contributed by atoms with Crippen LogP contribution in [0.4, 0.5) is 5.69 Å². The second-order valence-electron chi connectivity index (χ2n) is 4.54. The number of anilines is 1. The number of halogens is 1. The molecule has 0 heterocycles. The number of nitrogens with zero attached hydrogens (tertiary/aromatic N) is 2. The minimum Gasteiger partial charge on any atom is -0.493 e. The maximum absolute atomic E-state index is 11.3. The van der Waals surface area contributed by atoms with Crippen molar-refractivity contribution in [1.82, 2.24) is 4.90 Å². The molecule has 0 aromatic heterocycles. The molecule has 0 fully saturated rings. The Balaban J connectivity index is 2.33. The Hall–Kier alpha value is -1.23. The lowest BCUT2D eigenvalue weighted by Crippen LogP contribution is -2.29. The smallest absolute Gasteiger partial charge is 0.232 e. The highest BCUT2D eigenvalue weighted by Gasteiger charge is 2.05. The predicted molar refractivity (Wildman–Crippen MR) is 82.3 cm³/mol. The van der Waals surface area contributed by atoms with E-state index in [2.05, 4.69) is 15.9 Å². The molecule has 4 nitrogen and oxygen atoms in total. The van der Waals surface area contributed by atoms with Crippen LogP contribution in [0.1, 0.15) is 6.42 Å². The van der Waals surface area contributed by atoms with Crippen LogP contribution in [0.25, 0.3) is 0 Å². The largest absolute Gasteiger partial charge is 0.493 e. The molecule has 0 bridgehead atoms. The fourth-order valence-electron chi connectivity index (χ4n) is 1.57. The molecule has 0 spiro atoms. The van der Waals surface area contributed by atoms with Crippen molar-refractivity contribution in [2.75, 3.05) is 44.5 Å². The van der Waals surface area contributed by atoms with E-state index in [0.29, 0.717) is 18.5 Å². The fourth-order valence-corrected chi connectivity index (χ4v) is 2.00. The monoisotopic (exact) mass is 328 g/mol. The van der Waals surface area contributed by atoms with Gasteiger partial charge in [0.05, 0.1) is 11.9 Å². The van der Waals surface area contributed by atoms with Crippen LogP contribution in [0, 0.1) is 0 Å². The van der Waals surface area contributed by atoms with Gasteiger partial charge in [0.25, 0.3) is 0 Å². The van der Waals surface area contributed by atoms with Gasteiger partial charge >= 0.3 is 0 Å². The number of hydrogen-bond donors (Lipinski definition) is 0. The summed E-state index contributed by atoms with van der Waals surface area (Å²) in [7, 11) is 5.80. The summed E-state index contributed by atoms with van der Waals surface area (Å²) in [4.78, 5) is 15.1. The zero-order chi connectivity index (χ0) is 14.3. The van der Waals surface area contributed by atoms with Crippen molar-refractivity contribution < 1.29 is 9.53 Å². The van der Waals surface area contributed by atoms with Crippen molar-refractivity contribution in [2.45, 2.75) is 6.42 Å². The Morgan fingerprint density at radius 1 is 1.32 bits per heavy atom. The normalized spacial score (nSPS) is 10.1. The number of ether oxygens (including phenoxy) is 1. The third-order valence-electron chi connectivity index (χ3n) is 2.78. The standard InChI is InChI=1S/C14H21BrN2O2/c1-16(2)12-6-4-7-13(10-12)19-9-5-8-17(3)14(18)11-15/h4,6-7,10H,5,8-9,11H2,1-3H3. The average Bonchev–Trinajstić information content (AvgIpc) is 2.42. The van der Waals surface area contributed by atoms with Crippen molar-refractivity contribution >= 4 is 27.5 Å². The minimum absolute atomic E-state index is 0.0922. The van der Waals surface area contributed by atoms with E-state index in [1.54, 1.807) is 11.9 Å². The number of benzene rings is 1. The molecule has 0 N–H and O–H groups in total. The maximum Gasteiger partial charge on any atom is 0.232 e. The molecule has 0 saturated heterocycles. The Morgan fingerprint density at radius 2 is 2.05 bits per heavy atom. The van der Waals surface area contributed by atoms with E-state index in [9.17, 15) is 4.79 Å². The molecule has 1 aromatic rings. The van der Waals surface area contributed by atoms with Gasteiger partial charge in [0, 0.05) is 39.4 Å². The summed E-state index contributed by atoms with van der Waals surface area (Å²) < 4.78 is 5.68. The van der Waals surface area contributed by atoms with E-state index in [0.717, 1.165) is 17.9 Å². The van der Waals surface area contributed by atoms with Gasteiger partial charge in [-0.1, -0.05) is 22.0 Å². The molecule has 1 rings (SSSR count). The highest BCUT2D eigenvalue weighted by atomic mass is 79.9. The first-order valence-corrected chi connectivity index (χ1v) is 7.37. The SMILES string of the molecule is CN(CCCOc1cccc(N(C)C)c1)C(=O)CBr. The van der Waals surface area contributed by atoms with Crippen molar-refractivity contribution in [2.24, 2.45) is 0 Å². The summed E-state index contributed by atoms with van der Waals surface area (Å²) in [6, 6.07) is 7.97. The molecule has 5 heteroatoms. The van der Waals surface area contributed by atoms with Gasteiger partial charge in [0.1, 0.15) is 5.75 Å². The van der Waals surface area contributed by atoms with Gasteiger partial charge in [-0.05, 0) is 18.6 Å². The number of alkyl halides is 1. The van der Waals surface area contributed by atoms with Crippen LogP contribution in [-0.2, 0) is 4.79 Å². The lowest BCUT2D eigenvalue weighted by molar-refractivity contribution is -0.127. The van der Waals surface area contributed by atoms with Crippen LogP contribution < -0.4 is 9.64 Å². The van der Waals surface area contributed by atoms with Crippen molar-refractivity contribution in [3.05, 3.63) is 24.3 Å². The highest BCUT2D eigenvalue weighted by Crippen LogP contribution is 2.19. The van der Waals surface area contributed by atoms with Crippen LogP contribution in [0.2, 0.25) is 0 Å². The molecule has 0 unspecified atom stereocenters. The zero-order valence-corrected chi connectivity index (χ0v) is 13.3. The van der Waals surface area contributed by atoms with Crippen LogP contribution in [0.5, 0.6) is 5.75 Å². The Bertz CT molecular complexity index is 410. The van der Waals surface area contributed by atoms with Crippen LogP contribution >= 0.6 is 15.9 Å². The third kappa shape index (κ3) is 5.51. The predicted octanol–water partition coefficient (Wildman–Crippen LogP) is 2.37. The average molecular weight is 329 g/mol. The lowest BCUT2D eigenvalue weighted by atomic mass is 10.3. The molecule has 0 aliphatic rings. The molecule has 0 radical (unpaired) electrons. The fraction of sp³-hybridized carbons (Fsp3) is 0.500. The summed E-state index contributed by atoms with van der Waals surface area (Å²) in [6.45, 7) is 1.31. The van der Waals surface area contributed by atoms with Gasteiger partial charge in [-0.2, -0.15) is 0 Å². The van der Waals surface area contributed by atoms with Gasteiger partial charge in [-0.25, -0.2) is 0 Å². The number of carbonyl (C=O) groups excluding carboxylic acids is 1.